The molecule has 0 spiro atoms. The second kappa shape index (κ2) is 3.57. The van der Waals surface area contributed by atoms with Gasteiger partial charge in [-0.25, -0.2) is 0 Å². The Hall–Kier alpha value is -0.0500. The lowest BCUT2D eigenvalue weighted by atomic mass is 10.2. The third-order valence-corrected chi connectivity index (χ3v) is 2.37. The van der Waals surface area contributed by atoms with Crippen molar-refractivity contribution >= 4 is 21.8 Å². The molecule has 1 aliphatic heterocycles. The van der Waals surface area contributed by atoms with Crippen molar-refractivity contribution in [1.82, 2.24) is 4.90 Å². The molecule has 1 heterocycles. The van der Waals surface area contributed by atoms with Gasteiger partial charge in [-0.1, -0.05) is 29.8 Å². The molecule has 11 heavy (non-hydrogen) atoms. The topological polar surface area (TPSA) is 20.3 Å². The van der Waals surface area contributed by atoms with Gasteiger partial charge in [0.2, 0.25) is 5.91 Å². The van der Waals surface area contributed by atoms with Gasteiger partial charge in [-0.05, 0) is 5.92 Å². The van der Waals surface area contributed by atoms with Crippen molar-refractivity contribution in [2.75, 3.05) is 13.1 Å². The van der Waals surface area contributed by atoms with E-state index in [4.69, 9.17) is 0 Å². The van der Waals surface area contributed by atoms with E-state index in [0.29, 0.717) is 23.1 Å². The lowest BCUT2D eigenvalue weighted by molar-refractivity contribution is -0.128. The Balaban J connectivity index is 2.41. The number of halogens is 1. The molecule has 0 aromatic heterocycles. The first-order chi connectivity index (χ1) is 5.09. The van der Waals surface area contributed by atoms with Gasteiger partial charge >= 0.3 is 0 Å². The molecular formula is C8H14BrNO. The lowest BCUT2D eigenvalue weighted by Crippen LogP contribution is -2.29. The fraction of sp³-hybridized carbons (Fsp3) is 0.875. The van der Waals surface area contributed by atoms with Crippen LogP contribution in [0.4, 0.5) is 0 Å². The number of rotatable bonds is 2. The summed E-state index contributed by atoms with van der Waals surface area (Å²) >= 11 is 3.45. The summed E-state index contributed by atoms with van der Waals surface area (Å²) in [6.45, 7) is 6.06. The molecule has 0 bridgehead atoms. The molecule has 1 amide bonds. The van der Waals surface area contributed by atoms with Gasteiger partial charge < -0.3 is 4.90 Å². The van der Waals surface area contributed by atoms with Gasteiger partial charge in [0.25, 0.3) is 0 Å². The standard InChI is InChI=1S/C8H14BrNO/c1-6(2)4-10-5-7(9)3-8(10)11/h6-7H,3-5H2,1-2H3. The van der Waals surface area contributed by atoms with Crippen LogP contribution in [0.3, 0.4) is 0 Å². The van der Waals surface area contributed by atoms with E-state index in [1.165, 1.54) is 0 Å². The minimum absolute atomic E-state index is 0.292. The Bertz CT molecular complexity index is 158. The fourth-order valence-electron chi connectivity index (χ4n) is 1.34. The number of carbonyl (C=O) groups excluding carboxylic acids is 1. The van der Waals surface area contributed by atoms with E-state index in [-0.39, 0.29) is 0 Å². The molecule has 1 unspecified atom stereocenters. The Morgan fingerprint density at radius 2 is 2.36 bits per heavy atom. The predicted molar refractivity (Wildman–Crippen MR) is 48.8 cm³/mol. The van der Waals surface area contributed by atoms with Crippen LogP contribution < -0.4 is 0 Å². The normalized spacial score (nSPS) is 25.3. The van der Waals surface area contributed by atoms with Crippen molar-refractivity contribution in [2.24, 2.45) is 5.92 Å². The summed E-state index contributed by atoms with van der Waals surface area (Å²) in [5.41, 5.74) is 0. The Labute approximate surface area is 76.1 Å². The highest BCUT2D eigenvalue weighted by atomic mass is 79.9. The maximum atomic E-state index is 11.2. The van der Waals surface area contributed by atoms with Crippen LogP contribution in [0.5, 0.6) is 0 Å². The second-order valence-corrected chi connectivity index (χ2v) is 4.79. The molecular weight excluding hydrogens is 206 g/mol. The Morgan fingerprint density at radius 3 is 2.73 bits per heavy atom. The molecule has 0 aromatic carbocycles. The molecule has 64 valence electrons. The first kappa shape index (κ1) is 9.04. The van der Waals surface area contributed by atoms with Gasteiger partial charge in [-0.2, -0.15) is 0 Å². The molecule has 0 aliphatic carbocycles. The van der Waals surface area contributed by atoms with Crippen LogP contribution in [-0.2, 0) is 4.79 Å². The molecule has 2 nitrogen and oxygen atoms in total. The predicted octanol–water partition coefficient (Wildman–Crippen LogP) is 1.64. The van der Waals surface area contributed by atoms with E-state index in [0.717, 1.165) is 13.1 Å². The van der Waals surface area contributed by atoms with Gasteiger partial charge in [-0.15, -0.1) is 0 Å². The smallest absolute Gasteiger partial charge is 0.223 e. The summed E-state index contributed by atoms with van der Waals surface area (Å²) in [6, 6.07) is 0. The molecule has 1 rings (SSSR count). The van der Waals surface area contributed by atoms with Crippen molar-refractivity contribution < 1.29 is 4.79 Å². The first-order valence-electron chi connectivity index (χ1n) is 4.01. The van der Waals surface area contributed by atoms with Crippen molar-refractivity contribution in [1.29, 1.82) is 0 Å². The van der Waals surface area contributed by atoms with Gasteiger partial charge in [0, 0.05) is 24.3 Å². The highest BCUT2D eigenvalue weighted by molar-refractivity contribution is 9.09. The summed E-state index contributed by atoms with van der Waals surface area (Å²) < 4.78 is 0. The largest absolute Gasteiger partial charge is 0.341 e. The summed E-state index contributed by atoms with van der Waals surface area (Å²) in [7, 11) is 0. The van der Waals surface area contributed by atoms with Gasteiger partial charge in [0.15, 0.2) is 0 Å². The number of alkyl halides is 1. The second-order valence-electron chi connectivity index (χ2n) is 3.49. The zero-order chi connectivity index (χ0) is 8.43. The summed E-state index contributed by atoms with van der Waals surface area (Å²) in [4.78, 5) is 13.5. The maximum absolute atomic E-state index is 11.2. The monoisotopic (exact) mass is 219 g/mol. The van der Waals surface area contributed by atoms with E-state index < -0.39 is 0 Å². The minimum atomic E-state index is 0.292. The molecule has 0 aromatic rings. The van der Waals surface area contributed by atoms with E-state index in [1.807, 2.05) is 4.90 Å². The third kappa shape index (κ3) is 2.47. The molecule has 1 aliphatic rings. The minimum Gasteiger partial charge on any atom is -0.341 e. The number of nitrogens with zero attached hydrogens (tertiary/aromatic N) is 1. The molecule has 1 fully saturated rings. The zero-order valence-corrected chi connectivity index (χ0v) is 8.60. The average Bonchev–Trinajstić information content (AvgIpc) is 2.09. The van der Waals surface area contributed by atoms with Crippen molar-refractivity contribution in [3.05, 3.63) is 0 Å². The molecule has 0 radical (unpaired) electrons. The highest BCUT2D eigenvalue weighted by Gasteiger charge is 2.27. The SMILES string of the molecule is CC(C)CN1CC(Br)CC1=O. The summed E-state index contributed by atoms with van der Waals surface area (Å²) in [5.74, 6) is 0.873. The van der Waals surface area contributed by atoms with Crippen molar-refractivity contribution in [3.63, 3.8) is 0 Å². The van der Waals surface area contributed by atoms with Crippen LogP contribution in [0.1, 0.15) is 20.3 Å². The van der Waals surface area contributed by atoms with Gasteiger partial charge in [0.05, 0.1) is 0 Å². The quantitative estimate of drug-likeness (QED) is 0.648. The van der Waals surface area contributed by atoms with Crippen molar-refractivity contribution in [3.8, 4) is 0 Å². The Kier molecular flexibility index (Phi) is 2.93. The molecule has 0 N–H and O–H groups in total. The highest BCUT2D eigenvalue weighted by Crippen LogP contribution is 2.18. The van der Waals surface area contributed by atoms with Crippen LogP contribution in [0.15, 0.2) is 0 Å². The molecule has 0 saturated carbocycles. The average molecular weight is 220 g/mol. The van der Waals surface area contributed by atoms with Crippen LogP contribution >= 0.6 is 15.9 Å². The van der Waals surface area contributed by atoms with Crippen LogP contribution in [0.2, 0.25) is 0 Å². The van der Waals surface area contributed by atoms with Crippen molar-refractivity contribution in [2.45, 2.75) is 25.1 Å². The first-order valence-corrected chi connectivity index (χ1v) is 4.93. The fourth-order valence-corrected chi connectivity index (χ4v) is 1.97. The number of amides is 1. The molecule has 1 atom stereocenters. The van der Waals surface area contributed by atoms with Crippen LogP contribution in [0.25, 0.3) is 0 Å². The van der Waals surface area contributed by atoms with E-state index in [1.54, 1.807) is 0 Å². The number of hydrogen-bond acceptors (Lipinski definition) is 1. The Morgan fingerprint density at radius 1 is 1.73 bits per heavy atom. The number of likely N-dealkylation sites (tertiary alicyclic amines) is 1. The number of carbonyl (C=O) groups is 1. The summed E-state index contributed by atoms with van der Waals surface area (Å²) in [6.07, 6.45) is 0.673. The molecule has 1 saturated heterocycles. The summed E-state index contributed by atoms with van der Waals surface area (Å²) in [5, 5.41) is 0. The maximum Gasteiger partial charge on any atom is 0.223 e. The van der Waals surface area contributed by atoms with E-state index in [9.17, 15) is 4.79 Å². The third-order valence-electron chi connectivity index (χ3n) is 1.75. The van der Waals surface area contributed by atoms with Gasteiger partial charge in [-0.3, -0.25) is 4.79 Å². The van der Waals surface area contributed by atoms with E-state index >= 15 is 0 Å². The lowest BCUT2D eigenvalue weighted by Gasteiger charge is -2.17. The van der Waals surface area contributed by atoms with Crippen LogP contribution in [0, 0.1) is 5.92 Å². The zero-order valence-electron chi connectivity index (χ0n) is 7.01. The van der Waals surface area contributed by atoms with E-state index in [2.05, 4.69) is 29.8 Å². The van der Waals surface area contributed by atoms with Crippen LogP contribution in [-0.4, -0.2) is 28.7 Å². The van der Waals surface area contributed by atoms with Gasteiger partial charge in [0.1, 0.15) is 0 Å². The molecule has 3 heteroatoms. The number of hydrogen-bond donors (Lipinski definition) is 0.